The molecule has 54 valence electrons. The van der Waals surface area contributed by atoms with Crippen LogP contribution < -0.4 is 0 Å². The summed E-state index contributed by atoms with van der Waals surface area (Å²) >= 11 is 0. The van der Waals surface area contributed by atoms with Crippen LogP contribution >= 0.6 is 0 Å². The molecule has 4 nitrogen and oxygen atoms in total. The fourth-order valence-electron chi connectivity index (χ4n) is 0.340. The number of aliphatic hydroxyl groups is 4. The summed E-state index contributed by atoms with van der Waals surface area (Å²) in [6.45, 7) is 3.17. The minimum absolute atomic E-state index is 0.00926. The summed E-state index contributed by atoms with van der Waals surface area (Å²) in [4.78, 5) is 0. The third-order valence-corrected chi connectivity index (χ3v) is 0.810. The topological polar surface area (TPSA) is 80.9 Å². The maximum absolute atomic E-state index is 8.30. The first-order valence-corrected chi connectivity index (χ1v) is 2.44. The van der Waals surface area contributed by atoms with Gasteiger partial charge in [0.05, 0.1) is 0 Å². The molecule has 0 aromatic rings. The van der Waals surface area contributed by atoms with Gasteiger partial charge in [0.2, 0.25) is 0 Å². The van der Waals surface area contributed by atoms with Crippen molar-refractivity contribution in [3.63, 3.8) is 0 Å². The first-order valence-electron chi connectivity index (χ1n) is 2.44. The van der Waals surface area contributed by atoms with E-state index < -0.39 is 12.6 Å². The maximum Gasteiger partial charge on any atom is 0.174 e. The molecule has 0 amide bonds. The van der Waals surface area contributed by atoms with Crippen LogP contribution in [0.5, 0.6) is 0 Å². The molecule has 4 heteroatoms. The minimum atomic E-state index is -1.66. The van der Waals surface area contributed by atoms with E-state index in [9.17, 15) is 0 Å². The molecule has 0 heterocycles. The largest absolute Gasteiger partial charge is 0.368 e. The molecule has 0 saturated heterocycles. The highest BCUT2D eigenvalue weighted by Crippen LogP contribution is 2.03. The van der Waals surface area contributed by atoms with Gasteiger partial charge in [-0.05, 0) is 5.57 Å². The van der Waals surface area contributed by atoms with E-state index >= 15 is 0 Å². The first-order chi connectivity index (χ1) is 4.04. The van der Waals surface area contributed by atoms with E-state index in [4.69, 9.17) is 20.4 Å². The summed E-state index contributed by atoms with van der Waals surface area (Å²) in [5.74, 6) is 0. The van der Waals surface area contributed by atoms with Crippen molar-refractivity contribution in [2.75, 3.05) is 0 Å². The molecule has 0 rings (SSSR count). The van der Waals surface area contributed by atoms with Crippen molar-refractivity contribution in [2.24, 2.45) is 0 Å². The standard InChI is InChI=1S/C5H10O4/c1-3(5(8)9)2-4(6)7/h4-9H,1-2H2. The average molecular weight is 134 g/mol. The molecule has 0 radical (unpaired) electrons. The van der Waals surface area contributed by atoms with E-state index in [2.05, 4.69) is 6.58 Å². The van der Waals surface area contributed by atoms with E-state index in [-0.39, 0.29) is 12.0 Å². The van der Waals surface area contributed by atoms with Crippen molar-refractivity contribution in [1.29, 1.82) is 0 Å². The Morgan fingerprint density at radius 2 is 1.67 bits per heavy atom. The van der Waals surface area contributed by atoms with Gasteiger partial charge < -0.3 is 20.4 Å². The smallest absolute Gasteiger partial charge is 0.174 e. The van der Waals surface area contributed by atoms with Crippen molar-refractivity contribution < 1.29 is 20.4 Å². The van der Waals surface area contributed by atoms with Crippen LogP contribution in [0.1, 0.15) is 6.42 Å². The van der Waals surface area contributed by atoms with Gasteiger partial charge in [-0.3, -0.25) is 0 Å². The van der Waals surface area contributed by atoms with Gasteiger partial charge >= 0.3 is 0 Å². The van der Waals surface area contributed by atoms with Gasteiger partial charge in [-0.25, -0.2) is 0 Å². The van der Waals surface area contributed by atoms with Crippen LogP contribution in [0.4, 0.5) is 0 Å². The Bertz CT molecular complexity index is 97.1. The molecule has 0 atom stereocenters. The number of hydrogen-bond donors (Lipinski definition) is 4. The van der Waals surface area contributed by atoms with Gasteiger partial charge in [0.1, 0.15) is 0 Å². The number of aliphatic hydroxyl groups excluding tert-OH is 2. The fourth-order valence-corrected chi connectivity index (χ4v) is 0.340. The van der Waals surface area contributed by atoms with Crippen LogP contribution in [0, 0.1) is 0 Å². The lowest BCUT2D eigenvalue weighted by atomic mass is 10.2. The molecule has 0 unspecified atom stereocenters. The Kier molecular flexibility index (Phi) is 3.41. The van der Waals surface area contributed by atoms with E-state index in [0.717, 1.165) is 0 Å². The van der Waals surface area contributed by atoms with Crippen LogP contribution in [-0.4, -0.2) is 33.0 Å². The number of rotatable bonds is 3. The second-order valence-electron chi connectivity index (χ2n) is 1.72. The lowest BCUT2D eigenvalue weighted by Crippen LogP contribution is -2.14. The average Bonchev–Trinajstić information content (AvgIpc) is 1.63. The van der Waals surface area contributed by atoms with Gasteiger partial charge in [-0.15, -0.1) is 0 Å². The Labute approximate surface area is 52.7 Å². The molecule has 0 aliphatic rings. The Hall–Kier alpha value is -0.420. The monoisotopic (exact) mass is 134 g/mol. The van der Waals surface area contributed by atoms with E-state index in [1.165, 1.54) is 0 Å². The molecule has 9 heavy (non-hydrogen) atoms. The number of hydrogen-bond acceptors (Lipinski definition) is 4. The summed E-state index contributed by atoms with van der Waals surface area (Å²) in [5.41, 5.74) is -0.00926. The minimum Gasteiger partial charge on any atom is -0.368 e. The quantitative estimate of drug-likeness (QED) is 0.281. The summed E-state index contributed by atoms with van der Waals surface area (Å²) < 4.78 is 0. The zero-order chi connectivity index (χ0) is 7.44. The van der Waals surface area contributed by atoms with E-state index in [0.29, 0.717) is 0 Å². The van der Waals surface area contributed by atoms with Gasteiger partial charge in [-0.2, -0.15) is 0 Å². The van der Waals surface area contributed by atoms with Gasteiger partial charge in [0.25, 0.3) is 0 Å². The van der Waals surface area contributed by atoms with Crippen molar-refractivity contribution in [3.05, 3.63) is 12.2 Å². The van der Waals surface area contributed by atoms with Gasteiger partial charge in [0.15, 0.2) is 12.6 Å². The molecular formula is C5H10O4. The summed E-state index contributed by atoms with van der Waals surface area (Å²) in [6.07, 6.45) is -3.43. The van der Waals surface area contributed by atoms with Crippen LogP contribution in [0.15, 0.2) is 12.2 Å². The molecule has 0 fully saturated rings. The third-order valence-electron chi connectivity index (χ3n) is 0.810. The molecule has 0 bridgehead atoms. The predicted molar refractivity (Wildman–Crippen MR) is 30.2 cm³/mol. The Morgan fingerprint density at radius 3 is 1.78 bits per heavy atom. The maximum atomic E-state index is 8.30. The summed E-state index contributed by atoms with van der Waals surface area (Å²) in [7, 11) is 0. The van der Waals surface area contributed by atoms with Crippen LogP contribution in [0.25, 0.3) is 0 Å². The predicted octanol–water partition coefficient (Wildman–Crippen LogP) is -1.45. The van der Waals surface area contributed by atoms with Crippen LogP contribution in [0.2, 0.25) is 0 Å². The first kappa shape index (κ1) is 8.58. The molecular weight excluding hydrogens is 124 g/mol. The van der Waals surface area contributed by atoms with Crippen LogP contribution in [0.3, 0.4) is 0 Å². The lowest BCUT2D eigenvalue weighted by molar-refractivity contribution is -0.0584. The molecule has 0 aromatic heterocycles. The molecule has 0 aliphatic heterocycles. The van der Waals surface area contributed by atoms with Gasteiger partial charge in [0, 0.05) is 6.42 Å². The third kappa shape index (κ3) is 4.11. The fraction of sp³-hybridized carbons (Fsp3) is 0.600. The van der Waals surface area contributed by atoms with Crippen molar-refractivity contribution >= 4 is 0 Å². The lowest BCUT2D eigenvalue weighted by Gasteiger charge is -2.07. The zero-order valence-electron chi connectivity index (χ0n) is 4.86. The zero-order valence-corrected chi connectivity index (χ0v) is 4.86. The molecule has 0 saturated carbocycles. The highest BCUT2D eigenvalue weighted by atomic mass is 16.5. The molecule has 0 aromatic carbocycles. The van der Waals surface area contributed by atoms with Crippen molar-refractivity contribution in [3.8, 4) is 0 Å². The molecule has 0 aliphatic carbocycles. The Balaban J connectivity index is 3.51. The SMILES string of the molecule is C=C(CC(O)O)C(O)O. The molecule has 0 spiro atoms. The van der Waals surface area contributed by atoms with Crippen molar-refractivity contribution in [2.45, 2.75) is 19.0 Å². The normalized spacial score (nSPS) is 10.9. The van der Waals surface area contributed by atoms with Crippen LogP contribution in [-0.2, 0) is 0 Å². The van der Waals surface area contributed by atoms with Gasteiger partial charge in [-0.1, -0.05) is 6.58 Å². The second kappa shape index (κ2) is 3.58. The highest BCUT2D eigenvalue weighted by molar-refractivity contribution is 4.96. The summed E-state index contributed by atoms with van der Waals surface area (Å²) in [6, 6.07) is 0. The van der Waals surface area contributed by atoms with Crippen molar-refractivity contribution in [1.82, 2.24) is 0 Å². The van der Waals surface area contributed by atoms with E-state index in [1.54, 1.807) is 0 Å². The second-order valence-corrected chi connectivity index (χ2v) is 1.72. The summed E-state index contributed by atoms with van der Waals surface area (Å²) in [5, 5.41) is 33.1. The van der Waals surface area contributed by atoms with E-state index in [1.807, 2.05) is 0 Å². The Morgan fingerprint density at radius 1 is 1.22 bits per heavy atom. The highest BCUT2D eigenvalue weighted by Gasteiger charge is 2.06. The molecule has 4 N–H and O–H groups in total.